The van der Waals surface area contributed by atoms with Crippen LogP contribution in [0.4, 0.5) is 0 Å². The van der Waals surface area contributed by atoms with E-state index in [4.69, 9.17) is 16.3 Å². The fourth-order valence-electron chi connectivity index (χ4n) is 0.549. The highest BCUT2D eigenvalue weighted by molar-refractivity contribution is 8.10. The summed E-state index contributed by atoms with van der Waals surface area (Å²) in [6.07, 6.45) is 0. The van der Waals surface area contributed by atoms with Crippen molar-refractivity contribution in [3.8, 4) is 0 Å². The molecule has 0 bridgehead atoms. The largest absolute Gasteiger partial charge is 0.342 e. The van der Waals surface area contributed by atoms with Gasteiger partial charge in [0.05, 0.1) is 6.61 Å². The highest BCUT2D eigenvalue weighted by atomic mass is 32.5. The molecule has 0 aromatic rings. The van der Waals surface area contributed by atoms with Crippen molar-refractivity contribution < 1.29 is 9.42 Å². The first-order valence-corrected chi connectivity index (χ1v) is 5.85. The molecule has 1 N–H and O–H groups in total. The average molecular weight is 180 g/mol. The van der Waals surface area contributed by atoms with Gasteiger partial charge in [0.2, 0.25) is 6.49 Å². The van der Waals surface area contributed by atoms with E-state index < -0.39 is 6.49 Å². The number of rotatable bonds is 3. The Morgan fingerprint density at radius 2 is 2.20 bits per heavy atom. The van der Waals surface area contributed by atoms with Crippen molar-refractivity contribution >= 4 is 18.3 Å². The quantitative estimate of drug-likeness (QED) is 0.675. The SMILES string of the molecule is CCOP(O)(=S)C=C(C)C. The van der Waals surface area contributed by atoms with Gasteiger partial charge in [-0.05, 0) is 38.4 Å². The topological polar surface area (TPSA) is 29.5 Å². The van der Waals surface area contributed by atoms with Crippen LogP contribution >= 0.6 is 6.49 Å². The first-order chi connectivity index (χ1) is 4.48. The maximum atomic E-state index is 9.31. The molecule has 0 aromatic heterocycles. The fourth-order valence-corrected chi connectivity index (χ4v) is 2.59. The van der Waals surface area contributed by atoms with Gasteiger partial charge >= 0.3 is 0 Å². The molecular formula is C6H13O2PS. The first-order valence-electron chi connectivity index (χ1n) is 3.11. The minimum Gasteiger partial charge on any atom is -0.342 e. The zero-order chi connectivity index (χ0) is 8.20. The maximum Gasteiger partial charge on any atom is 0.209 e. The Kier molecular flexibility index (Phi) is 4.37. The summed E-state index contributed by atoms with van der Waals surface area (Å²) in [5, 5.41) is 0. The van der Waals surface area contributed by atoms with Crippen molar-refractivity contribution in [1.29, 1.82) is 0 Å². The van der Waals surface area contributed by atoms with E-state index in [0.29, 0.717) is 6.61 Å². The van der Waals surface area contributed by atoms with Gasteiger partial charge < -0.3 is 9.42 Å². The lowest BCUT2D eigenvalue weighted by atomic mass is 10.4. The second-order valence-corrected chi connectivity index (χ2v) is 5.40. The maximum absolute atomic E-state index is 9.31. The molecule has 0 fully saturated rings. The molecule has 0 aliphatic rings. The van der Waals surface area contributed by atoms with E-state index in [1.165, 1.54) is 0 Å². The molecule has 0 spiro atoms. The van der Waals surface area contributed by atoms with E-state index in [1.807, 2.05) is 20.8 Å². The first kappa shape index (κ1) is 10.3. The molecule has 1 unspecified atom stereocenters. The van der Waals surface area contributed by atoms with Crippen LogP contribution in [0, 0.1) is 0 Å². The van der Waals surface area contributed by atoms with Crippen LogP contribution in [0.2, 0.25) is 0 Å². The highest BCUT2D eigenvalue weighted by Gasteiger charge is 2.06. The summed E-state index contributed by atoms with van der Waals surface area (Å²) in [5.41, 5.74) is 0.999. The second-order valence-electron chi connectivity index (χ2n) is 2.19. The van der Waals surface area contributed by atoms with Gasteiger partial charge in [-0.25, -0.2) is 0 Å². The van der Waals surface area contributed by atoms with Gasteiger partial charge in [0, 0.05) is 0 Å². The Balaban J connectivity index is 4.14. The van der Waals surface area contributed by atoms with Gasteiger partial charge in [0.1, 0.15) is 0 Å². The average Bonchev–Trinajstić information content (AvgIpc) is 1.59. The van der Waals surface area contributed by atoms with Crippen LogP contribution in [0.25, 0.3) is 0 Å². The minimum atomic E-state index is -2.58. The summed E-state index contributed by atoms with van der Waals surface area (Å²) in [4.78, 5) is 9.31. The molecule has 0 saturated heterocycles. The van der Waals surface area contributed by atoms with Gasteiger partial charge in [-0.3, -0.25) is 0 Å². The van der Waals surface area contributed by atoms with E-state index in [9.17, 15) is 4.89 Å². The van der Waals surface area contributed by atoms with Crippen LogP contribution in [0.3, 0.4) is 0 Å². The summed E-state index contributed by atoms with van der Waals surface area (Å²) >= 11 is 4.79. The number of allylic oxidation sites excluding steroid dienone is 1. The third-order valence-corrected chi connectivity index (χ3v) is 2.84. The number of hydrogen-bond donors (Lipinski definition) is 1. The van der Waals surface area contributed by atoms with Gasteiger partial charge in [0.25, 0.3) is 0 Å². The summed E-state index contributed by atoms with van der Waals surface area (Å²) in [6.45, 7) is 3.48. The Labute approximate surface area is 67.1 Å². The van der Waals surface area contributed by atoms with Crippen LogP contribution in [-0.4, -0.2) is 11.5 Å². The lowest BCUT2D eigenvalue weighted by Gasteiger charge is -2.09. The lowest BCUT2D eigenvalue weighted by molar-refractivity contribution is 0.334. The minimum absolute atomic E-state index is 0.470. The van der Waals surface area contributed by atoms with Crippen molar-refractivity contribution in [2.75, 3.05) is 6.61 Å². The third-order valence-electron chi connectivity index (χ3n) is 0.735. The van der Waals surface area contributed by atoms with Crippen LogP contribution in [0.1, 0.15) is 20.8 Å². The summed E-state index contributed by atoms with van der Waals surface area (Å²) < 4.78 is 4.95. The monoisotopic (exact) mass is 180 g/mol. The number of hydrogen-bond acceptors (Lipinski definition) is 2. The summed E-state index contributed by atoms with van der Waals surface area (Å²) in [5.74, 6) is 1.62. The van der Waals surface area contributed by atoms with E-state index in [-0.39, 0.29) is 0 Å². The van der Waals surface area contributed by atoms with Crippen LogP contribution in [-0.2, 0) is 16.3 Å². The molecule has 0 heterocycles. The molecule has 0 radical (unpaired) electrons. The van der Waals surface area contributed by atoms with Gasteiger partial charge in [-0.2, -0.15) is 0 Å². The van der Waals surface area contributed by atoms with Crippen molar-refractivity contribution in [3.05, 3.63) is 11.4 Å². The molecule has 0 aromatic carbocycles. The highest BCUT2D eigenvalue weighted by Crippen LogP contribution is 2.44. The molecule has 60 valence electrons. The zero-order valence-electron chi connectivity index (χ0n) is 6.50. The molecular weight excluding hydrogens is 167 g/mol. The van der Waals surface area contributed by atoms with Gasteiger partial charge in [0.15, 0.2) is 0 Å². The third kappa shape index (κ3) is 5.12. The van der Waals surface area contributed by atoms with Crippen LogP contribution in [0.15, 0.2) is 11.4 Å². The van der Waals surface area contributed by atoms with E-state index >= 15 is 0 Å². The van der Waals surface area contributed by atoms with E-state index in [2.05, 4.69) is 0 Å². The zero-order valence-corrected chi connectivity index (χ0v) is 8.21. The van der Waals surface area contributed by atoms with E-state index in [1.54, 1.807) is 5.82 Å². The lowest BCUT2D eigenvalue weighted by Crippen LogP contribution is -1.84. The van der Waals surface area contributed by atoms with Crippen molar-refractivity contribution in [2.45, 2.75) is 20.8 Å². The van der Waals surface area contributed by atoms with Gasteiger partial charge in [-0.15, -0.1) is 0 Å². The smallest absolute Gasteiger partial charge is 0.209 e. The Bertz CT molecular complexity index is 173. The molecule has 4 heteroatoms. The Hall–Kier alpha value is 0.310. The molecule has 1 atom stereocenters. The van der Waals surface area contributed by atoms with Crippen molar-refractivity contribution in [1.82, 2.24) is 0 Å². The normalized spacial score (nSPS) is 16.0. The second kappa shape index (κ2) is 4.24. The summed E-state index contributed by atoms with van der Waals surface area (Å²) in [6, 6.07) is 0. The van der Waals surface area contributed by atoms with Crippen LogP contribution < -0.4 is 0 Å². The fraction of sp³-hybridized carbons (Fsp3) is 0.667. The molecule has 0 aliphatic heterocycles. The molecule has 0 rings (SSSR count). The predicted octanol–water partition coefficient (Wildman–Crippen LogP) is 2.25. The van der Waals surface area contributed by atoms with Crippen molar-refractivity contribution in [2.24, 2.45) is 0 Å². The predicted molar refractivity (Wildman–Crippen MR) is 47.6 cm³/mol. The standard InChI is InChI=1S/C6H13O2PS/c1-4-8-9(7,10)5-6(2)3/h5H,4H2,1-3H3,(H,7,10). The Morgan fingerprint density at radius 1 is 1.70 bits per heavy atom. The van der Waals surface area contributed by atoms with E-state index in [0.717, 1.165) is 5.57 Å². The molecule has 10 heavy (non-hydrogen) atoms. The molecule has 0 saturated carbocycles. The van der Waals surface area contributed by atoms with Crippen molar-refractivity contribution in [3.63, 3.8) is 0 Å². The molecule has 2 nitrogen and oxygen atoms in total. The van der Waals surface area contributed by atoms with Crippen LogP contribution in [0.5, 0.6) is 0 Å². The molecule has 0 aliphatic carbocycles. The Morgan fingerprint density at radius 3 is 2.50 bits per heavy atom. The van der Waals surface area contributed by atoms with Gasteiger partial charge in [-0.1, -0.05) is 5.57 Å². The summed E-state index contributed by atoms with van der Waals surface area (Å²) in [7, 11) is 0. The molecule has 0 amide bonds.